The summed E-state index contributed by atoms with van der Waals surface area (Å²) in [5.41, 5.74) is -2.55. The first-order valence-corrected chi connectivity index (χ1v) is 20.4. The monoisotopic (exact) mass is 906 g/mol. The highest BCUT2D eigenvalue weighted by molar-refractivity contribution is 6.33. The lowest BCUT2D eigenvalue weighted by atomic mass is 9.55. The number of alkyl halides is 6. The lowest BCUT2D eigenvalue weighted by molar-refractivity contribution is -0.225. The Morgan fingerprint density at radius 3 is 2.34 bits per heavy atom. The summed E-state index contributed by atoms with van der Waals surface area (Å²) in [6.45, 7) is 9.86. The highest BCUT2D eigenvalue weighted by Crippen LogP contribution is 2.53. The first-order chi connectivity index (χ1) is 28.9. The largest absolute Gasteiger partial charge is 0.490 e. The van der Waals surface area contributed by atoms with Crippen LogP contribution in [0.4, 0.5) is 38.0 Å². The Morgan fingerprint density at radius 2 is 1.73 bits per heavy atom. The fourth-order valence-electron chi connectivity index (χ4n) is 9.49. The van der Waals surface area contributed by atoms with E-state index < -0.39 is 77.6 Å². The quantitative estimate of drug-likeness (QED) is 0.170. The van der Waals surface area contributed by atoms with Crippen LogP contribution in [0, 0.1) is 23.7 Å². The zero-order chi connectivity index (χ0) is 45.7. The molecule has 1 aromatic heterocycles. The molecule has 0 spiro atoms. The number of ether oxygens (including phenoxy) is 2. The molecule has 0 unspecified atom stereocenters. The number of aliphatic carboxylic acids is 1. The van der Waals surface area contributed by atoms with Gasteiger partial charge in [-0.15, -0.1) is 0 Å². The lowest BCUT2D eigenvalue weighted by Gasteiger charge is -2.56. The van der Waals surface area contributed by atoms with Crippen LogP contribution in [0.1, 0.15) is 58.2 Å². The second kappa shape index (κ2) is 17.7. The van der Waals surface area contributed by atoms with Gasteiger partial charge < -0.3 is 29.7 Å². The molecule has 2 aliphatic carbocycles. The third-order valence-corrected chi connectivity index (χ3v) is 12.9. The number of esters is 2. The number of carbonyl (C=O) groups excluding carboxylic acids is 2. The third kappa shape index (κ3) is 9.33. The summed E-state index contributed by atoms with van der Waals surface area (Å²) in [6, 6.07) is 4.96. The Hall–Kier alpha value is -4.28. The van der Waals surface area contributed by atoms with Crippen molar-refractivity contribution in [3.8, 4) is 0 Å². The number of rotatable bonds is 7. The van der Waals surface area contributed by atoms with Gasteiger partial charge in [0.15, 0.2) is 18.4 Å². The number of nitrogens with zero attached hydrogens (tertiary/aromatic N) is 5. The minimum Gasteiger partial charge on any atom is -0.475 e. The van der Waals surface area contributed by atoms with Gasteiger partial charge >= 0.3 is 30.3 Å². The number of nitrogens with one attached hydrogen (secondary N) is 1. The topological polar surface area (TPSA) is 187 Å². The van der Waals surface area contributed by atoms with Crippen LogP contribution >= 0.6 is 11.6 Å². The number of benzene rings is 1. The number of para-hydroxylation sites is 1. The van der Waals surface area contributed by atoms with Gasteiger partial charge in [0, 0.05) is 70.8 Å². The average molecular weight is 907 g/mol. The van der Waals surface area contributed by atoms with Gasteiger partial charge in [0.2, 0.25) is 5.95 Å². The number of carboxylic acids is 1. The van der Waals surface area contributed by atoms with Gasteiger partial charge in [-0.05, 0) is 55.2 Å². The van der Waals surface area contributed by atoms with Crippen LogP contribution in [0.25, 0.3) is 0 Å². The fraction of sp³-hybridized carbons (Fsp3) is 0.625. The second-order valence-electron chi connectivity index (χ2n) is 16.6. The molecular formula is C40H49ClF6N6O9. The van der Waals surface area contributed by atoms with Crippen molar-refractivity contribution in [1.82, 2.24) is 20.2 Å². The molecule has 1 saturated carbocycles. The normalized spacial score (nSPS) is 31.6. The summed E-state index contributed by atoms with van der Waals surface area (Å²) in [5, 5.41) is 36.8. The first-order valence-electron chi connectivity index (χ1n) is 20.0. The molecule has 5 aliphatic rings. The maximum absolute atomic E-state index is 14.2. The van der Waals surface area contributed by atoms with Crippen LogP contribution < -0.4 is 15.3 Å². The van der Waals surface area contributed by atoms with Crippen molar-refractivity contribution in [3.63, 3.8) is 0 Å². The van der Waals surface area contributed by atoms with Crippen LogP contribution in [0.15, 0.2) is 42.1 Å². The SMILES string of the molecule is CC(=O)O[C@@H]1C(C)=C[C@@H]2[C@H]([C@@H](C)CN3CCN(c4nccc(C(F)(F)F)n4)CC3)CC[C@@H](C)[C@]2(O)[C@H]1OC(=O)[C@@H]1C[C@@]2(O)c3cccc(Cl)c3N(C)O[C@H]2N1.O=C(O)C(F)(F)F. The Kier molecular flexibility index (Phi) is 13.5. The number of hydroxylamine groups is 1. The molecule has 0 radical (unpaired) electrons. The number of hydrogen-bond donors (Lipinski definition) is 4. The van der Waals surface area contributed by atoms with Gasteiger partial charge in [-0.25, -0.2) is 14.8 Å². The molecule has 15 nitrogen and oxygen atoms in total. The van der Waals surface area contributed by atoms with E-state index in [2.05, 4.69) is 27.1 Å². The Labute approximate surface area is 357 Å². The van der Waals surface area contributed by atoms with Gasteiger partial charge in [-0.1, -0.05) is 43.7 Å². The number of halogens is 7. The smallest absolute Gasteiger partial charge is 0.475 e. The molecule has 1 aromatic carbocycles. The number of aromatic nitrogens is 2. The van der Waals surface area contributed by atoms with Crippen LogP contribution in [0.5, 0.6) is 0 Å². The number of carbonyl (C=O) groups is 3. The molecule has 342 valence electrons. The van der Waals surface area contributed by atoms with E-state index in [9.17, 15) is 46.1 Å². The van der Waals surface area contributed by atoms with Gasteiger partial charge in [0.1, 0.15) is 22.9 Å². The maximum Gasteiger partial charge on any atom is 0.490 e. The summed E-state index contributed by atoms with van der Waals surface area (Å²) in [5.74, 6) is -4.81. The van der Waals surface area contributed by atoms with Crippen molar-refractivity contribution in [2.75, 3.05) is 49.7 Å². The number of anilines is 2. The molecular weight excluding hydrogens is 858 g/mol. The highest BCUT2D eigenvalue weighted by Gasteiger charge is 2.62. The van der Waals surface area contributed by atoms with E-state index >= 15 is 0 Å². The molecule has 62 heavy (non-hydrogen) atoms. The van der Waals surface area contributed by atoms with E-state index in [0.717, 1.165) is 18.7 Å². The number of carboxylic acid groups (broad SMARTS) is 1. The molecule has 4 heterocycles. The molecule has 7 rings (SSSR count). The summed E-state index contributed by atoms with van der Waals surface area (Å²) < 4.78 is 83.6. The minimum absolute atomic E-state index is 0.0427. The average Bonchev–Trinajstić information content (AvgIpc) is 3.54. The predicted octanol–water partition coefficient (Wildman–Crippen LogP) is 4.69. The molecule has 22 heteroatoms. The fourth-order valence-corrected chi connectivity index (χ4v) is 9.79. The van der Waals surface area contributed by atoms with Gasteiger partial charge in [-0.3, -0.25) is 29.7 Å². The molecule has 0 bridgehead atoms. The van der Waals surface area contributed by atoms with E-state index in [4.69, 9.17) is 35.8 Å². The van der Waals surface area contributed by atoms with E-state index in [1.165, 1.54) is 12.0 Å². The van der Waals surface area contributed by atoms with Crippen LogP contribution in [-0.4, -0.2) is 124 Å². The maximum atomic E-state index is 14.2. The molecule has 2 aromatic rings. The highest BCUT2D eigenvalue weighted by atomic mass is 35.5. The van der Waals surface area contributed by atoms with Crippen LogP contribution in [-0.2, 0) is 40.5 Å². The van der Waals surface area contributed by atoms with Crippen molar-refractivity contribution in [2.24, 2.45) is 23.7 Å². The lowest BCUT2D eigenvalue weighted by Crippen LogP contribution is -2.66. The van der Waals surface area contributed by atoms with Gasteiger partial charge in [0.05, 0.1) is 10.7 Å². The Balaban J connectivity index is 0.000000845. The molecule has 3 fully saturated rings. The second-order valence-corrected chi connectivity index (χ2v) is 17.0. The first kappa shape index (κ1) is 47.2. The van der Waals surface area contributed by atoms with Gasteiger partial charge in [0.25, 0.3) is 0 Å². The number of fused-ring (bicyclic) bond motifs is 4. The predicted molar refractivity (Wildman–Crippen MR) is 208 cm³/mol. The number of hydrogen-bond acceptors (Lipinski definition) is 14. The molecule has 0 amide bonds. The Bertz CT molecular complexity index is 2040. The minimum atomic E-state index is -5.08. The zero-order valence-electron chi connectivity index (χ0n) is 34.4. The van der Waals surface area contributed by atoms with Gasteiger partial charge in [-0.2, -0.15) is 26.3 Å². The molecule has 4 N–H and O–H groups in total. The van der Waals surface area contributed by atoms with E-state index in [1.807, 2.05) is 13.0 Å². The van der Waals surface area contributed by atoms with Crippen molar-refractivity contribution in [3.05, 3.63) is 58.4 Å². The van der Waals surface area contributed by atoms with E-state index in [-0.39, 0.29) is 30.1 Å². The summed E-state index contributed by atoms with van der Waals surface area (Å²) in [6.07, 6.45) is -8.51. The van der Waals surface area contributed by atoms with E-state index in [1.54, 1.807) is 37.1 Å². The number of piperazine rings is 1. The zero-order valence-corrected chi connectivity index (χ0v) is 35.2. The van der Waals surface area contributed by atoms with Crippen molar-refractivity contribution >= 4 is 41.1 Å². The van der Waals surface area contributed by atoms with Crippen molar-refractivity contribution in [2.45, 2.75) is 95.0 Å². The summed E-state index contributed by atoms with van der Waals surface area (Å²) >= 11 is 6.46. The molecule has 2 saturated heterocycles. The summed E-state index contributed by atoms with van der Waals surface area (Å²) in [7, 11) is 1.66. The standard InChI is InChI=1S/C38H48ClF3N6O7.C2HF3O2/c1-20-17-26-24(21(2)19-47-13-15-48(16-14-47)35-43-12-11-29(45-35)38(40,41)42)10-9-22(3)37(26,52)32(31(20)53-23(4)49)54-33(50)28-18-36(51)25-7-6-8-27(39)30(25)46(5)55-34(36)44-28;3-2(4,5)1(6)7/h6-8,11-12,17,21-22,24,26,28,31-32,34,44,51-52H,9-10,13-16,18-19H2,1-5H3;(H,6,7)/t21-,22+,24-,26+,28-,31+,32-,34+,36+,37+;/m0./s1. The van der Waals surface area contributed by atoms with Crippen molar-refractivity contribution < 1.29 is 70.4 Å². The Morgan fingerprint density at radius 1 is 1.06 bits per heavy atom. The third-order valence-electron chi connectivity index (χ3n) is 12.6. The molecule has 10 atom stereocenters. The van der Waals surface area contributed by atoms with E-state index in [0.29, 0.717) is 61.0 Å². The van der Waals surface area contributed by atoms with Crippen LogP contribution in [0.3, 0.4) is 0 Å². The molecule has 3 aliphatic heterocycles. The van der Waals surface area contributed by atoms with Crippen molar-refractivity contribution in [1.29, 1.82) is 0 Å². The van der Waals surface area contributed by atoms with Crippen LogP contribution in [0.2, 0.25) is 5.02 Å². The number of aliphatic hydroxyl groups is 2. The summed E-state index contributed by atoms with van der Waals surface area (Å²) in [4.78, 5) is 53.3.